The van der Waals surface area contributed by atoms with Gasteiger partial charge in [0.15, 0.2) is 0 Å². The van der Waals surface area contributed by atoms with Crippen molar-refractivity contribution in [3.63, 3.8) is 0 Å². The van der Waals surface area contributed by atoms with Gasteiger partial charge in [-0.3, -0.25) is 9.78 Å². The molecule has 5 heteroatoms. The third-order valence-electron chi connectivity index (χ3n) is 5.65. The maximum absolute atomic E-state index is 13.5. The average molecular weight is 329 g/mol. The zero-order valence-corrected chi connectivity index (χ0v) is 13.5. The van der Waals surface area contributed by atoms with Crippen molar-refractivity contribution in [1.82, 2.24) is 4.98 Å². The fourth-order valence-electron chi connectivity index (χ4n) is 4.52. The minimum atomic E-state index is -0.676. The molecule has 0 spiro atoms. The smallest absolute Gasteiger partial charge is 0.306 e. The Hall–Kier alpha value is -2.17. The molecular formula is C19H20FNO3. The van der Waals surface area contributed by atoms with Crippen LogP contribution in [0.3, 0.4) is 0 Å². The normalized spacial score (nSPS) is 29.2. The summed E-state index contributed by atoms with van der Waals surface area (Å²) in [6.07, 6.45) is 4.21. The average Bonchev–Trinajstić information content (AvgIpc) is 3.02. The monoisotopic (exact) mass is 329 g/mol. The fraction of sp³-hybridized carbons (Fsp3) is 0.474. The highest BCUT2D eigenvalue weighted by molar-refractivity contribution is 5.84. The molecule has 0 aliphatic heterocycles. The number of ether oxygens (including phenoxy) is 1. The predicted molar refractivity (Wildman–Crippen MR) is 87.2 cm³/mol. The second-order valence-corrected chi connectivity index (χ2v) is 6.94. The molecule has 1 aromatic heterocycles. The first-order valence-corrected chi connectivity index (χ1v) is 8.52. The molecule has 0 radical (unpaired) electrons. The molecule has 2 aliphatic carbocycles. The number of aliphatic carboxylic acids is 1. The van der Waals surface area contributed by atoms with E-state index in [9.17, 15) is 14.3 Å². The molecule has 2 aromatic rings. The van der Waals surface area contributed by atoms with Gasteiger partial charge in [0, 0.05) is 11.6 Å². The third-order valence-corrected chi connectivity index (χ3v) is 5.65. The molecule has 0 bridgehead atoms. The molecule has 2 aliphatic rings. The van der Waals surface area contributed by atoms with Crippen LogP contribution >= 0.6 is 0 Å². The van der Waals surface area contributed by atoms with Gasteiger partial charge in [0.25, 0.3) is 0 Å². The Labute approximate surface area is 139 Å². The molecule has 126 valence electrons. The summed E-state index contributed by atoms with van der Waals surface area (Å²) in [7, 11) is 0. The second kappa shape index (κ2) is 5.72. The standard InChI is InChI=1S/C19H20FNO3/c1-2-12(19(22)23)18-13-8-11(9-14(13)18)24-17-5-6-21-16-4-3-10(20)7-15(16)17/h3-7,11-14,18H,2,8-9H2,1H3,(H,22,23)/t11?,12?,13-,14?,18?/m0/s1. The molecular weight excluding hydrogens is 309 g/mol. The molecule has 0 saturated heterocycles. The number of benzene rings is 1. The molecule has 24 heavy (non-hydrogen) atoms. The number of fused-ring (bicyclic) bond motifs is 2. The Kier molecular flexibility index (Phi) is 3.66. The summed E-state index contributed by atoms with van der Waals surface area (Å²) in [6.45, 7) is 1.94. The number of rotatable bonds is 5. The lowest BCUT2D eigenvalue weighted by molar-refractivity contribution is -0.143. The van der Waals surface area contributed by atoms with Gasteiger partial charge in [0.1, 0.15) is 11.6 Å². The molecule has 2 saturated carbocycles. The zero-order chi connectivity index (χ0) is 16.8. The highest BCUT2D eigenvalue weighted by Gasteiger charge is 2.60. The van der Waals surface area contributed by atoms with Crippen LogP contribution in [0.2, 0.25) is 0 Å². The molecule has 4 nitrogen and oxygen atoms in total. The van der Waals surface area contributed by atoms with Gasteiger partial charge in [0.2, 0.25) is 0 Å². The highest BCUT2D eigenvalue weighted by atomic mass is 19.1. The van der Waals surface area contributed by atoms with E-state index < -0.39 is 5.97 Å². The Morgan fingerprint density at radius 2 is 2.12 bits per heavy atom. The van der Waals surface area contributed by atoms with Crippen LogP contribution in [0.25, 0.3) is 10.9 Å². The molecule has 1 aromatic carbocycles. The van der Waals surface area contributed by atoms with Crippen LogP contribution in [0, 0.1) is 29.5 Å². The van der Waals surface area contributed by atoms with E-state index in [0.717, 1.165) is 12.8 Å². The van der Waals surface area contributed by atoms with E-state index in [1.54, 1.807) is 18.3 Å². The van der Waals surface area contributed by atoms with Crippen LogP contribution in [0.5, 0.6) is 5.75 Å². The first-order valence-electron chi connectivity index (χ1n) is 8.52. The van der Waals surface area contributed by atoms with Crippen LogP contribution < -0.4 is 4.74 Å². The van der Waals surface area contributed by atoms with Crippen molar-refractivity contribution in [2.24, 2.45) is 23.7 Å². The number of pyridine rings is 1. The number of nitrogens with zero attached hydrogens (tertiary/aromatic N) is 1. The van der Waals surface area contributed by atoms with E-state index in [-0.39, 0.29) is 17.8 Å². The molecule has 2 fully saturated rings. The van der Waals surface area contributed by atoms with Crippen molar-refractivity contribution >= 4 is 16.9 Å². The molecule has 1 heterocycles. The van der Waals surface area contributed by atoms with Crippen molar-refractivity contribution < 1.29 is 19.0 Å². The van der Waals surface area contributed by atoms with E-state index in [0.29, 0.717) is 40.8 Å². The minimum absolute atomic E-state index is 0.0800. The lowest BCUT2D eigenvalue weighted by Crippen LogP contribution is -2.22. The first kappa shape index (κ1) is 15.4. The molecule has 4 unspecified atom stereocenters. The lowest BCUT2D eigenvalue weighted by atomic mass is 9.94. The largest absolute Gasteiger partial charge is 0.490 e. The van der Waals surface area contributed by atoms with Gasteiger partial charge < -0.3 is 9.84 Å². The van der Waals surface area contributed by atoms with Gasteiger partial charge in [-0.1, -0.05) is 6.92 Å². The van der Waals surface area contributed by atoms with Gasteiger partial charge in [-0.15, -0.1) is 0 Å². The third kappa shape index (κ3) is 2.52. The van der Waals surface area contributed by atoms with Crippen LogP contribution in [-0.2, 0) is 4.79 Å². The minimum Gasteiger partial charge on any atom is -0.490 e. The van der Waals surface area contributed by atoms with E-state index in [2.05, 4.69) is 4.98 Å². The highest BCUT2D eigenvalue weighted by Crippen LogP contribution is 2.61. The number of hydrogen-bond donors (Lipinski definition) is 1. The van der Waals surface area contributed by atoms with E-state index in [4.69, 9.17) is 4.74 Å². The summed E-state index contributed by atoms with van der Waals surface area (Å²) in [5.41, 5.74) is 0.715. The van der Waals surface area contributed by atoms with Crippen molar-refractivity contribution in [3.05, 3.63) is 36.3 Å². The van der Waals surface area contributed by atoms with Gasteiger partial charge in [-0.05, 0) is 61.3 Å². The Balaban J connectivity index is 1.46. The van der Waals surface area contributed by atoms with Crippen molar-refractivity contribution in [2.45, 2.75) is 32.3 Å². The summed E-state index contributed by atoms with van der Waals surface area (Å²) in [5.74, 6) is 0.678. The molecule has 5 atom stereocenters. The maximum Gasteiger partial charge on any atom is 0.306 e. The van der Waals surface area contributed by atoms with Crippen LogP contribution in [-0.4, -0.2) is 22.2 Å². The van der Waals surface area contributed by atoms with Crippen LogP contribution in [0.1, 0.15) is 26.2 Å². The molecule has 4 rings (SSSR count). The summed E-state index contributed by atoms with van der Waals surface area (Å²) < 4.78 is 19.6. The predicted octanol–water partition coefficient (Wildman–Crippen LogP) is 3.89. The van der Waals surface area contributed by atoms with Gasteiger partial charge >= 0.3 is 5.97 Å². The van der Waals surface area contributed by atoms with Gasteiger partial charge in [0.05, 0.1) is 17.5 Å². The van der Waals surface area contributed by atoms with E-state index in [1.165, 1.54) is 12.1 Å². The summed E-state index contributed by atoms with van der Waals surface area (Å²) in [4.78, 5) is 15.6. The number of carboxylic acids is 1. The summed E-state index contributed by atoms with van der Waals surface area (Å²) >= 11 is 0. The van der Waals surface area contributed by atoms with Crippen molar-refractivity contribution in [3.8, 4) is 5.75 Å². The Bertz CT molecular complexity index is 781. The number of hydrogen-bond acceptors (Lipinski definition) is 3. The molecule has 0 amide bonds. The van der Waals surface area contributed by atoms with Crippen LogP contribution in [0.15, 0.2) is 30.5 Å². The van der Waals surface area contributed by atoms with Crippen molar-refractivity contribution in [2.75, 3.05) is 0 Å². The van der Waals surface area contributed by atoms with E-state index >= 15 is 0 Å². The summed E-state index contributed by atoms with van der Waals surface area (Å²) in [6, 6.07) is 6.27. The number of carboxylic acid groups (broad SMARTS) is 1. The SMILES string of the molecule is CCC(C(=O)O)C1C2CC(Oc3ccnc4ccc(F)cc34)C[C@@H]21. The molecule has 1 N–H and O–H groups in total. The van der Waals surface area contributed by atoms with Crippen LogP contribution in [0.4, 0.5) is 4.39 Å². The van der Waals surface area contributed by atoms with Gasteiger partial charge in [-0.2, -0.15) is 0 Å². The maximum atomic E-state index is 13.5. The lowest BCUT2D eigenvalue weighted by Gasteiger charge is -2.20. The van der Waals surface area contributed by atoms with Crippen molar-refractivity contribution in [1.29, 1.82) is 0 Å². The number of aromatic nitrogens is 1. The Morgan fingerprint density at radius 1 is 1.38 bits per heavy atom. The number of carbonyl (C=O) groups is 1. The fourth-order valence-corrected chi connectivity index (χ4v) is 4.52. The number of halogens is 1. The first-order chi connectivity index (χ1) is 11.6. The topological polar surface area (TPSA) is 59.4 Å². The van der Waals surface area contributed by atoms with Gasteiger partial charge in [-0.25, -0.2) is 4.39 Å². The second-order valence-electron chi connectivity index (χ2n) is 6.94. The Morgan fingerprint density at radius 3 is 2.79 bits per heavy atom. The quantitative estimate of drug-likeness (QED) is 0.904. The summed E-state index contributed by atoms with van der Waals surface area (Å²) in [5, 5.41) is 10.00. The van der Waals surface area contributed by atoms with E-state index in [1.807, 2.05) is 6.92 Å². The zero-order valence-electron chi connectivity index (χ0n) is 13.5.